The van der Waals surface area contributed by atoms with Crippen LogP contribution in [0.4, 0.5) is 9.59 Å². The number of rotatable bonds is 1. The van der Waals surface area contributed by atoms with Gasteiger partial charge in [0.05, 0.1) is 0 Å². The molecule has 0 aromatic heterocycles. The van der Waals surface area contributed by atoms with E-state index in [2.05, 4.69) is 10.7 Å². The standard InChI is InChI=1S/C7H14N4O2/c1-10(2)7(13)9-11-5-3-4-8-6(11)12/h3-5H2,1-2H3,(H,8,12)(H,9,13). The van der Waals surface area contributed by atoms with Crippen molar-refractivity contribution in [2.45, 2.75) is 6.42 Å². The van der Waals surface area contributed by atoms with E-state index in [1.165, 1.54) is 9.91 Å². The molecule has 1 heterocycles. The maximum Gasteiger partial charge on any atom is 0.336 e. The number of amides is 4. The van der Waals surface area contributed by atoms with Crippen molar-refractivity contribution in [1.82, 2.24) is 20.7 Å². The van der Waals surface area contributed by atoms with Crippen LogP contribution in [0.5, 0.6) is 0 Å². The van der Waals surface area contributed by atoms with Crippen LogP contribution in [0.15, 0.2) is 0 Å². The molecule has 0 aromatic carbocycles. The molecule has 4 amide bonds. The number of nitrogens with one attached hydrogen (secondary N) is 2. The van der Waals surface area contributed by atoms with Gasteiger partial charge in [-0.1, -0.05) is 0 Å². The van der Waals surface area contributed by atoms with E-state index >= 15 is 0 Å². The first-order chi connectivity index (χ1) is 6.11. The summed E-state index contributed by atoms with van der Waals surface area (Å²) in [4.78, 5) is 23.7. The van der Waals surface area contributed by atoms with Crippen LogP contribution in [0.3, 0.4) is 0 Å². The summed E-state index contributed by atoms with van der Waals surface area (Å²) in [5.74, 6) is 0. The second kappa shape index (κ2) is 3.97. The van der Waals surface area contributed by atoms with Gasteiger partial charge in [0.2, 0.25) is 0 Å². The molecule has 0 unspecified atom stereocenters. The molecule has 0 aliphatic carbocycles. The minimum atomic E-state index is -0.294. The van der Waals surface area contributed by atoms with Gasteiger partial charge < -0.3 is 10.2 Å². The summed E-state index contributed by atoms with van der Waals surface area (Å²) in [6.07, 6.45) is 0.847. The molecule has 1 fully saturated rings. The zero-order chi connectivity index (χ0) is 9.84. The van der Waals surface area contributed by atoms with Gasteiger partial charge in [0.1, 0.15) is 0 Å². The fourth-order valence-corrected chi connectivity index (χ4v) is 0.952. The highest BCUT2D eigenvalue weighted by Gasteiger charge is 2.19. The summed E-state index contributed by atoms with van der Waals surface area (Å²) < 4.78 is 0. The van der Waals surface area contributed by atoms with E-state index < -0.39 is 0 Å². The lowest BCUT2D eigenvalue weighted by Crippen LogP contribution is -2.56. The van der Waals surface area contributed by atoms with Gasteiger partial charge in [-0.25, -0.2) is 20.0 Å². The van der Waals surface area contributed by atoms with Crippen LogP contribution in [0, 0.1) is 0 Å². The molecule has 0 saturated carbocycles. The maximum atomic E-state index is 11.1. The summed E-state index contributed by atoms with van der Waals surface area (Å²) in [7, 11) is 3.24. The lowest BCUT2D eigenvalue weighted by atomic mass is 10.4. The molecule has 0 aromatic rings. The molecule has 1 aliphatic heterocycles. The fraction of sp³-hybridized carbons (Fsp3) is 0.714. The van der Waals surface area contributed by atoms with Gasteiger partial charge in [0.25, 0.3) is 0 Å². The Morgan fingerprint density at radius 2 is 2.31 bits per heavy atom. The molecule has 74 valence electrons. The van der Waals surface area contributed by atoms with Crippen molar-refractivity contribution >= 4 is 12.1 Å². The van der Waals surface area contributed by atoms with Crippen LogP contribution in [0.2, 0.25) is 0 Å². The Morgan fingerprint density at radius 1 is 1.62 bits per heavy atom. The maximum absolute atomic E-state index is 11.1. The molecule has 13 heavy (non-hydrogen) atoms. The lowest BCUT2D eigenvalue weighted by molar-refractivity contribution is 0.146. The number of hydrogen-bond acceptors (Lipinski definition) is 2. The first-order valence-corrected chi connectivity index (χ1v) is 4.14. The van der Waals surface area contributed by atoms with Crippen molar-refractivity contribution in [1.29, 1.82) is 0 Å². The minimum absolute atomic E-state index is 0.249. The van der Waals surface area contributed by atoms with Gasteiger partial charge in [-0.3, -0.25) is 0 Å². The zero-order valence-corrected chi connectivity index (χ0v) is 7.83. The minimum Gasteiger partial charge on any atom is -0.336 e. The van der Waals surface area contributed by atoms with Crippen LogP contribution in [0.25, 0.3) is 0 Å². The summed E-state index contributed by atoms with van der Waals surface area (Å²) in [5, 5.41) is 3.91. The fourth-order valence-electron chi connectivity index (χ4n) is 0.952. The Kier molecular flexibility index (Phi) is 2.94. The normalized spacial score (nSPS) is 16.5. The van der Waals surface area contributed by atoms with E-state index in [9.17, 15) is 9.59 Å². The Bertz CT molecular complexity index is 217. The second-order valence-corrected chi connectivity index (χ2v) is 3.05. The molecular formula is C7H14N4O2. The highest BCUT2D eigenvalue weighted by Crippen LogP contribution is 1.95. The van der Waals surface area contributed by atoms with Crippen LogP contribution >= 0.6 is 0 Å². The summed E-state index contributed by atoms with van der Waals surface area (Å²) in [5.41, 5.74) is 2.48. The topological polar surface area (TPSA) is 64.7 Å². The van der Waals surface area contributed by atoms with E-state index in [-0.39, 0.29) is 12.1 Å². The largest absolute Gasteiger partial charge is 0.336 e. The van der Waals surface area contributed by atoms with Gasteiger partial charge >= 0.3 is 12.1 Å². The van der Waals surface area contributed by atoms with Crippen LogP contribution in [0.1, 0.15) is 6.42 Å². The van der Waals surface area contributed by atoms with Crippen molar-refractivity contribution in [3.63, 3.8) is 0 Å². The van der Waals surface area contributed by atoms with Crippen molar-refractivity contribution in [2.24, 2.45) is 0 Å². The van der Waals surface area contributed by atoms with Crippen molar-refractivity contribution in [3.8, 4) is 0 Å². The number of carbonyl (C=O) groups excluding carboxylic acids is 2. The molecule has 1 aliphatic rings. The van der Waals surface area contributed by atoms with Crippen molar-refractivity contribution in [2.75, 3.05) is 27.2 Å². The monoisotopic (exact) mass is 186 g/mol. The molecule has 0 bridgehead atoms. The third-order valence-electron chi connectivity index (χ3n) is 1.72. The summed E-state index contributed by atoms with van der Waals surface area (Å²) in [6, 6.07) is -0.543. The highest BCUT2D eigenvalue weighted by molar-refractivity contribution is 5.80. The molecule has 6 nitrogen and oxygen atoms in total. The van der Waals surface area contributed by atoms with E-state index in [0.29, 0.717) is 13.1 Å². The predicted molar refractivity (Wildman–Crippen MR) is 46.9 cm³/mol. The zero-order valence-electron chi connectivity index (χ0n) is 7.83. The third kappa shape index (κ3) is 2.50. The van der Waals surface area contributed by atoms with Gasteiger partial charge in [-0.05, 0) is 6.42 Å². The average molecular weight is 186 g/mol. The average Bonchev–Trinajstić information content (AvgIpc) is 2.08. The molecule has 1 rings (SSSR count). The van der Waals surface area contributed by atoms with Crippen molar-refractivity contribution < 1.29 is 9.59 Å². The van der Waals surface area contributed by atoms with Crippen LogP contribution < -0.4 is 10.7 Å². The Hall–Kier alpha value is -1.46. The van der Waals surface area contributed by atoms with Gasteiger partial charge in [0.15, 0.2) is 0 Å². The van der Waals surface area contributed by atoms with Crippen molar-refractivity contribution in [3.05, 3.63) is 0 Å². The SMILES string of the molecule is CN(C)C(=O)NN1CCCNC1=O. The number of urea groups is 2. The highest BCUT2D eigenvalue weighted by atomic mass is 16.2. The van der Waals surface area contributed by atoms with E-state index in [0.717, 1.165) is 6.42 Å². The van der Waals surface area contributed by atoms with Crippen LogP contribution in [-0.2, 0) is 0 Å². The molecule has 2 N–H and O–H groups in total. The second-order valence-electron chi connectivity index (χ2n) is 3.05. The third-order valence-corrected chi connectivity index (χ3v) is 1.72. The molecule has 0 atom stereocenters. The lowest BCUT2D eigenvalue weighted by Gasteiger charge is -2.28. The Morgan fingerprint density at radius 3 is 2.85 bits per heavy atom. The van der Waals surface area contributed by atoms with E-state index in [1.807, 2.05) is 0 Å². The molecule has 6 heteroatoms. The Labute approximate surface area is 76.8 Å². The van der Waals surface area contributed by atoms with Gasteiger partial charge in [-0.15, -0.1) is 0 Å². The number of hydrazine groups is 1. The number of carbonyl (C=O) groups is 2. The summed E-state index contributed by atoms with van der Waals surface area (Å²) in [6.45, 7) is 1.23. The quantitative estimate of drug-likeness (QED) is 0.584. The first-order valence-electron chi connectivity index (χ1n) is 4.14. The summed E-state index contributed by atoms with van der Waals surface area (Å²) >= 11 is 0. The smallest absolute Gasteiger partial charge is 0.336 e. The van der Waals surface area contributed by atoms with Gasteiger partial charge in [-0.2, -0.15) is 0 Å². The van der Waals surface area contributed by atoms with Crippen LogP contribution in [-0.4, -0.2) is 49.2 Å². The van der Waals surface area contributed by atoms with Gasteiger partial charge in [0, 0.05) is 27.2 Å². The first kappa shape index (κ1) is 9.63. The Balaban J connectivity index is 2.43. The predicted octanol–water partition coefficient (Wildman–Crippen LogP) is -0.412. The number of hydrogen-bond donors (Lipinski definition) is 2. The molecule has 0 spiro atoms. The number of nitrogens with zero attached hydrogens (tertiary/aromatic N) is 2. The molecule has 1 saturated heterocycles. The molecular weight excluding hydrogens is 172 g/mol. The van der Waals surface area contributed by atoms with E-state index in [4.69, 9.17) is 0 Å². The molecule has 0 radical (unpaired) electrons. The van der Waals surface area contributed by atoms with E-state index in [1.54, 1.807) is 14.1 Å².